The van der Waals surface area contributed by atoms with Crippen LogP contribution in [0.2, 0.25) is 0 Å². The zero-order valence-electron chi connectivity index (χ0n) is 8.44. The standard InChI is InChI=1S/C11H11F4N/c12-10(6-16-7-10)5-8-3-1-2-4-9(8)11(13,14)15/h1-4,16H,5-7H2. The summed E-state index contributed by atoms with van der Waals surface area (Å²) >= 11 is 0. The van der Waals surface area contributed by atoms with E-state index in [1.54, 1.807) is 0 Å². The van der Waals surface area contributed by atoms with Gasteiger partial charge in [-0.3, -0.25) is 0 Å². The highest BCUT2D eigenvalue weighted by molar-refractivity contribution is 5.31. The Morgan fingerprint density at radius 3 is 2.31 bits per heavy atom. The van der Waals surface area contributed by atoms with Gasteiger partial charge in [-0.1, -0.05) is 18.2 Å². The third-order valence-corrected chi connectivity index (χ3v) is 2.71. The summed E-state index contributed by atoms with van der Waals surface area (Å²) in [5.41, 5.74) is -2.24. The van der Waals surface area contributed by atoms with Crippen molar-refractivity contribution in [3.8, 4) is 0 Å². The molecule has 88 valence electrons. The van der Waals surface area contributed by atoms with E-state index < -0.39 is 17.4 Å². The van der Waals surface area contributed by atoms with Crippen molar-refractivity contribution in [3.63, 3.8) is 0 Å². The number of alkyl halides is 4. The minimum atomic E-state index is -4.41. The molecule has 1 saturated heterocycles. The van der Waals surface area contributed by atoms with Crippen LogP contribution in [0.5, 0.6) is 0 Å². The average molecular weight is 233 g/mol. The van der Waals surface area contributed by atoms with Crippen molar-refractivity contribution < 1.29 is 17.6 Å². The van der Waals surface area contributed by atoms with Crippen LogP contribution in [0.4, 0.5) is 17.6 Å². The van der Waals surface area contributed by atoms with Gasteiger partial charge in [-0.2, -0.15) is 13.2 Å². The summed E-state index contributed by atoms with van der Waals surface area (Å²) in [6.07, 6.45) is -4.60. The summed E-state index contributed by atoms with van der Waals surface area (Å²) in [5.74, 6) is 0. The van der Waals surface area contributed by atoms with E-state index in [-0.39, 0.29) is 25.1 Å². The van der Waals surface area contributed by atoms with Gasteiger partial charge in [0, 0.05) is 19.5 Å². The Morgan fingerprint density at radius 1 is 1.19 bits per heavy atom. The van der Waals surface area contributed by atoms with E-state index in [1.165, 1.54) is 18.2 Å². The zero-order valence-corrected chi connectivity index (χ0v) is 8.44. The lowest BCUT2D eigenvalue weighted by atomic mass is 9.89. The topological polar surface area (TPSA) is 12.0 Å². The summed E-state index contributed by atoms with van der Waals surface area (Å²) in [5, 5.41) is 2.72. The molecule has 0 spiro atoms. The Kier molecular flexibility index (Phi) is 2.66. The van der Waals surface area contributed by atoms with Crippen LogP contribution in [0.1, 0.15) is 11.1 Å². The third-order valence-electron chi connectivity index (χ3n) is 2.71. The Labute approximate surface area is 90.5 Å². The highest BCUT2D eigenvalue weighted by Gasteiger charge is 2.40. The van der Waals surface area contributed by atoms with Crippen molar-refractivity contribution in [2.75, 3.05) is 13.1 Å². The predicted molar refractivity (Wildman–Crippen MR) is 51.9 cm³/mol. The first-order chi connectivity index (χ1) is 7.41. The van der Waals surface area contributed by atoms with Gasteiger partial charge >= 0.3 is 6.18 Å². The molecule has 1 nitrogen and oxygen atoms in total. The van der Waals surface area contributed by atoms with E-state index in [4.69, 9.17) is 0 Å². The molecule has 1 aromatic rings. The van der Waals surface area contributed by atoms with Crippen LogP contribution >= 0.6 is 0 Å². The van der Waals surface area contributed by atoms with Crippen molar-refractivity contribution in [3.05, 3.63) is 35.4 Å². The SMILES string of the molecule is FC1(Cc2ccccc2C(F)(F)F)CNC1. The Hall–Kier alpha value is -1.10. The molecule has 0 radical (unpaired) electrons. The lowest BCUT2D eigenvalue weighted by Crippen LogP contribution is -2.57. The number of hydrogen-bond acceptors (Lipinski definition) is 1. The van der Waals surface area contributed by atoms with Crippen molar-refractivity contribution in [2.24, 2.45) is 0 Å². The maximum atomic E-state index is 13.7. The molecule has 1 aromatic carbocycles. The molecule has 5 heteroatoms. The fourth-order valence-electron chi connectivity index (χ4n) is 1.81. The molecule has 0 aliphatic carbocycles. The second-order valence-electron chi connectivity index (χ2n) is 4.09. The fourth-order valence-corrected chi connectivity index (χ4v) is 1.81. The smallest absolute Gasteiger partial charge is 0.310 e. The van der Waals surface area contributed by atoms with E-state index in [0.717, 1.165) is 6.07 Å². The molecule has 0 atom stereocenters. The summed E-state index contributed by atoms with van der Waals surface area (Å²) in [6, 6.07) is 5.14. The molecule has 1 heterocycles. The molecule has 0 saturated carbocycles. The molecule has 1 aliphatic heterocycles. The quantitative estimate of drug-likeness (QED) is 0.774. The first-order valence-electron chi connectivity index (χ1n) is 4.95. The Bertz CT molecular complexity index is 382. The molecule has 0 unspecified atom stereocenters. The zero-order chi connectivity index (χ0) is 11.8. The highest BCUT2D eigenvalue weighted by atomic mass is 19.4. The summed E-state index contributed by atoms with van der Waals surface area (Å²) in [6.45, 7) is 0.248. The molecule has 1 fully saturated rings. The Balaban J connectivity index is 2.26. The first-order valence-corrected chi connectivity index (χ1v) is 4.95. The van der Waals surface area contributed by atoms with E-state index in [0.29, 0.717) is 0 Å². The number of halogens is 4. The van der Waals surface area contributed by atoms with Gasteiger partial charge in [0.15, 0.2) is 0 Å². The van der Waals surface area contributed by atoms with Crippen LogP contribution in [0.15, 0.2) is 24.3 Å². The van der Waals surface area contributed by atoms with Crippen molar-refractivity contribution in [1.82, 2.24) is 5.32 Å². The minimum absolute atomic E-state index is 0.0269. The van der Waals surface area contributed by atoms with E-state index in [9.17, 15) is 17.6 Å². The second kappa shape index (κ2) is 3.73. The molecular weight excluding hydrogens is 222 g/mol. The number of rotatable bonds is 2. The summed E-state index contributed by atoms with van der Waals surface area (Å²) in [7, 11) is 0. The van der Waals surface area contributed by atoms with Crippen molar-refractivity contribution in [1.29, 1.82) is 0 Å². The minimum Gasteiger partial charge on any atom is -0.310 e. The molecule has 16 heavy (non-hydrogen) atoms. The maximum Gasteiger partial charge on any atom is 0.416 e. The van der Waals surface area contributed by atoms with E-state index in [1.807, 2.05) is 0 Å². The Morgan fingerprint density at radius 2 is 1.81 bits per heavy atom. The normalized spacial score (nSPS) is 19.2. The molecular formula is C11H11F4N. The van der Waals surface area contributed by atoms with Gasteiger partial charge in [0.25, 0.3) is 0 Å². The van der Waals surface area contributed by atoms with Gasteiger partial charge in [-0.15, -0.1) is 0 Å². The van der Waals surface area contributed by atoms with Crippen LogP contribution in [-0.2, 0) is 12.6 Å². The van der Waals surface area contributed by atoms with Crippen LogP contribution in [0.3, 0.4) is 0 Å². The van der Waals surface area contributed by atoms with Gasteiger partial charge in [0.1, 0.15) is 5.67 Å². The van der Waals surface area contributed by atoms with Crippen LogP contribution in [0, 0.1) is 0 Å². The third kappa shape index (κ3) is 2.19. The van der Waals surface area contributed by atoms with Gasteiger partial charge in [-0.05, 0) is 11.6 Å². The van der Waals surface area contributed by atoms with Gasteiger partial charge in [0.2, 0.25) is 0 Å². The van der Waals surface area contributed by atoms with E-state index >= 15 is 0 Å². The van der Waals surface area contributed by atoms with Crippen molar-refractivity contribution in [2.45, 2.75) is 18.3 Å². The monoisotopic (exact) mass is 233 g/mol. The first kappa shape index (κ1) is 11.4. The van der Waals surface area contributed by atoms with E-state index in [2.05, 4.69) is 5.32 Å². The van der Waals surface area contributed by atoms with Crippen molar-refractivity contribution >= 4 is 0 Å². The fraction of sp³-hybridized carbons (Fsp3) is 0.455. The molecule has 1 N–H and O–H groups in total. The molecule has 0 aromatic heterocycles. The van der Waals surface area contributed by atoms with Crippen LogP contribution < -0.4 is 5.32 Å². The van der Waals surface area contributed by atoms with Gasteiger partial charge < -0.3 is 5.32 Å². The van der Waals surface area contributed by atoms with Crippen LogP contribution in [-0.4, -0.2) is 18.8 Å². The molecule has 2 rings (SSSR count). The number of benzene rings is 1. The lowest BCUT2D eigenvalue weighted by molar-refractivity contribution is -0.138. The molecule has 0 bridgehead atoms. The summed E-state index contributed by atoms with van der Waals surface area (Å²) < 4.78 is 51.6. The predicted octanol–water partition coefficient (Wildman–Crippen LogP) is 2.56. The number of hydrogen-bond donors (Lipinski definition) is 1. The summed E-state index contributed by atoms with van der Waals surface area (Å²) in [4.78, 5) is 0. The highest BCUT2D eigenvalue weighted by Crippen LogP contribution is 2.34. The molecule has 0 amide bonds. The van der Waals surface area contributed by atoms with Crippen LogP contribution in [0.25, 0.3) is 0 Å². The second-order valence-corrected chi connectivity index (χ2v) is 4.09. The van der Waals surface area contributed by atoms with Gasteiger partial charge in [-0.25, -0.2) is 4.39 Å². The molecule has 1 aliphatic rings. The largest absolute Gasteiger partial charge is 0.416 e. The van der Waals surface area contributed by atoms with Gasteiger partial charge in [0.05, 0.1) is 5.56 Å². The maximum absolute atomic E-state index is 13.7. The average Bonchev–Trinajstić information content (AvgIpc) is 2.14. The number of nitrogens with one attached hydrogen (secondary N) is 1. The lowest BCUT2D eigenvalue weighted by Gasteiger charge is -2.35.